The summed E-state index contributed by atoms with van der Waals surface area (Å²) in [6.45, 7) is 5.61. The summed E-state index contributed by atoms with van der Waals surface area (Å²) in [5.41, 5.74) is 8.37. The first kappa shape index (κ1) is 17.4. The molecular weight excluding hydrogens is 276 g/mol. The van der Waals surface area contributed by atoms with Crippen LogP contribution >= 0.6 is 11.6 Å². The third kappa shape index (κ3) is 5.04. The molecule has 20 heavy (non-hydrogen) atoms. The van der Waals surface area contributed by atoms with Crippen molar-refractivity contribution >= 4 is 11.6 Å². The van der Waals surface area contributed by atoms with E-state index in [-0.39, 0.29) is 6.04 Å². The lowest BCUT2D eigenvalue weighted by Gasteiger charge is -2.32. The Labute approximate surface area is 126 Å². The fourth-order valence-electron chi connectivity index (χ4n) is 2.33. The Morgan fingerprint density at radius 1 is 1.20 bits per heavy atom. The second-order valence-electron chi connectivity index (χ2n) is 4.77. The SMILES string of the molecule is COCCN(CCOC)C(CN)c1ccc(Cl)cc1C. The molecule has 0 amide bonds. The molecule has 0 saturated carbocycles. The van der Waals surface area contributed by atoms with Gasteiger partial charge < -0.3 is 15.2 Å². The highest BCUT2D eigenvalue weighted by molar-refractivity contribution is 6.30. The van der Waals surface area contributed by atoms with Gasteiger partial charge >= 0.3 is 0 Å². The molecular formula is C15H25ClN2O2. The number of halogens is 1. The highest BCUT2D eigenvalue weighted by Crippen LogP contribution is 2.25. The summed E-state index contributed by atoms with van der Waals surface area (Å²) in [5.74, 6) is 0. The lowest BCUT2D eigenvalue weighted by Crippen LogP contribution is -2.38. The smallest absolute Gasteiger partial charge is 0.0589 e. The Morgan fingerprint density at radius 3 is 2.25 bits per heavy atom. The molecule has 0 aromatic heterocycles. The van der Waals surface area contributed by atoms with Crippen LogP contribution in [-0.4, -0.2) is 52.0 Å². The monoisotopic (exact) mass is 300 g/mol. The van der Waals surface area contributed by atoms with Crippen molar-refractivity contribution < 1.29 is 9.47 Å². The summed E-state index contributed by atoms with van der Waals surface area (Å²) in [4.78, 5) is 2.29. The largest absolute Gasteiger partial charge is 0.383 e. The molecule has 0 saturated heterocycles. The van der Waals surface area contributed by atoms with Crippen molar-refractivity contribution in [2.45, 2.75) is 13.0 Å². The number of methoxy groups -OCH3 is 2. The molecule has 5 heteroatoms. The van der Waals surface area contributed by atoms with E-state index in [2.05, 4.69) is 17.9 Å². The van der Waals surface area contributed by atoms with Gasteiger partial charge in [0.1, 0.15) is 0 Å². The van der Waals surface area contributed by atoms with Crippen LogP contribution in [0.4, 0.5) is 0 Å². The van der Waals surface area contributed by atoms with Gasteiger partial charge in [0.05, 0.1) is 13.2 Å². The average molecular weight is 301 g/mol. The number of ether oxygens (including phenoxy) is 2. The topological polar surface area (TPSA) is 47.7 Å². The highest BCUT2D eigenvalue weighted by Gasteiger charge is 2.20. The van der Waals surface area contributed by atoms with Crippen molar-refractivity contribution in [2.24, 2.45) is 5.73 Å². The minimum Gasteiger partial charge on any atom is -0.383 e. The van der Waals surface area contributed by atoms with Crippen LogP contribution in [0.25, 0.3) is 0 Å². The third-order valence-corrected chi connectivity index (χ3v) is 3.66. The lowest BCUT2D eigenvalue weighted by atomic mass is 10.00. The van der Waals surface area contributed by atoms with E-state index < -0.39 is 0 Å². The number of hydrogen-bond acceptors (Lipinski definition) is 4. The molecule has 1 atom stereocenters. The number of aryl methyl sites for hydroxylation is 1. The van der Waals surface area contributed by atoms with E-state index in [1.807, 2.05) is 12.1 Å². The van der Waals surface area contributed by atoms with E-state index in [0.717, 1.165) is 23.7 Å². The molecule has 114 valence electrons. The molecule has 4 nitrogen and oxygen atoms in total. The van der Waals surface area contributed by atoms with Crippen LogP contribution in [0.2, 0.25) is 5.02 Å². The van der Waals surface area contributed by atoms with Gasteiger partial charge in [0, 0.05) is 44.9 Å². The van der Waals surface area contributed by atoms with Gasteiger partial charge in [-0.1, -0.05) is 17.7 Å². The first-order valence-corrected chi connectivity index (χ1v) is 7.19. The van der Waals surface area contributed by atoms with Crippen LogP contribution in [0, 0.1) is 6.92 Å². The van der Waals surface area contributed by atoms with Crippen molar-refractivity contribution in [1.29, 1.82) is 0 Å². The van der Waals surface area contributed by atoms with Crippen LogP contribution in [0.15, 0.2) is 18.2 Å². The molecule has 0 heterocycles. The number of nitrogens with zero attached hydrogens (tertiary/aromatic N) is 1. The van der Waals surface area contributed by atoms with Gasteiger partial charge in [-0.3, -0.25) is 4.90 Å². The van der Waals surface area contributed by atoms with Crippen LogP contribution in [0.3, 0.4) is 0 Å². The molecule has 1 rings (SSSR count). The van der Waals surface area contributed by atoms with Gasteiger partial charge in [-0.25, -0.2) is 0 Å². The fraction of sp³-hybridized carbons (Fsp3) is 0.600. The lowest BCUT2D eigenvalue weighted by molar-refractivity contribution is 0.0889. The summed E-state index contributed by atoms with van der Waals surface area (Å²) in [7, 11) is 3.42. The van der Waals surface area contributed by atoms with Crippen molar-refractivity contribution in [1.82, 2.24) is 4.90 Å². The summed E-state index contributed by atoms with van der Waals surface area (Å²) in [6.07, 6.45) is 0. The zero-order chi connectivity index (χ0) is 15.0. The van der Waals surface area contributed by atoms with Crippen LogP contribution in [0.1, 0.15) is 17.2 Å². The molecule has 2 N–H and O–H groups in total. The van der Waals surface area contributed by atoms with E-state index in [9.17, 15) is 0 Å². The summed E-state index contributed by atoms with van der Waals surface area (Å²) < 4.78 is 10.4. The normalized spacial score (nSPS) is 12.9. The summed E-state index contributed by atoms with van der Waals surface area (Å²) in [5, 5.41) is 0.752. The third-order valence-electron chi connectivity index (χ3n) is 3.42. The first-order chi connectivity index (χ1) is 9.63. The van der Waals surface area contributed by atoms with Gasteiger partial charge in [-0.05, 0) is 30.2 Å². The maximum Gasteiger partial charge on any atom is 0.0589 e. The van der Waals surface area contributed by atoms with Gasteiger partial charge in [-0.15, -0.1) is 0 Å². The van der Waals surface area contributed by atoms with Crippen LogP contribution in [0.5, 0.6) is 0 Å². The average Bonchev–Trinajstić information content (AvgIpc) is 2.43. The molecule has 1 unspecified atom stereocenters. The molecule has 0 bridgehead atoms. The molecule has 0 radical (unpaired) electrons. The summed E-state index contributed by atoms with van der Waals surface area (Å²) >= 11 is 6.03. The minimum atomic E-state index is 0.151. The van der Waals surface area contributed by atoms with Crippen molar-refractivity contribution in [3.63, 3.8) is 0 Å². The Hall–Kier alpha value is -0.650. The Morgan fingerprint density at radius 2 is 1.80 bits per heavy atom. The Kier molecular flexibility index (Phi) is 8.11. The van der Waals surface area contributed by atoms with Crippen molar-refractivity contribution in [3.05, 3.63) is 34.3 Å². The maximum absolute atomic E-state index is 6.03. The van der Waals surface area contributed by atoms with E-state index in [1.165, 1.54) is 5.56 Å². The Bertz CT molecular complexity index is 393. The van der Waals surface area contributed by atoms with Gasteiger partial charge in [0.2, 0.25) is 0 Å². The predicted octanol–water partition coefficient (Wildman–Crippen LogP) is 2.24. The molecule has 0 aliphatic carbocycles. The second kappa shape index (κ2) is 9.32. The predicted molar refractivity (Wildman–Crippen MR) is 83.3 cm³/mol. The minimum absolute atomic E-state index is 0.151. The molecule has 0 spiro atoms. The maximum atomic E-state index is 6.03. The molecule has 0 aliphatic rings. The summed E-state index contributed by atoms with van der Waals surface area (Å²) in [6, 6.07) is 6.10. The molecule has 1 aromatic rings. The molecule has 1 aromatic carbocycles. The van der Waals surface area contributed by atoms with E-state index in [1.54, 1.807) is 14.2 Å². The van der Waals surface area contributed by atoms with Gasteiger partial charge in [-0.2, -0.15) is 0 Å². The quantitative estimate of drug-likeness (QED) is 0.760. The van der Waals surface area contributed by atoms with Crippen LogP contribution in [-0.2, 0) is 9.47 Å². The highest BCUT2D eigenvalue weighted by atomic mass is 35.5. The zero-order valence-electron chi connectivity index (χ0n) is 12.6. The Balaban J connectivity index is 2.92. The van der Waals surface area contributed by atoms with Crippen molar-refractivity contribution in [3.8, 4) is 0 Å². The van der Waals surface area contributed by atoms with Gasteiger partial charge in [0.25, 0.3) is 0 Å². The molecule has 0 aliphatic heterocycles. The fourth-order valence-corrected chi connectivity index (χ4v) is 2.55. The number of rotatable bonds is 9. The van der Waals surface area contributed by atoms with Crippen molar-refractivity contribution in [2.75, 3.05) is 47.1 Å². The number of nitrogens with two attached hydrogens (primary N) is 1. The number of hydrogen-bond donors (Lipinski definition) is 1. The number of benzene rings is 1. The van der Waals surface area contributed by atoms with E-state index >= 15 is 0 Å². The van der Waals surface area contributed by atoms with E-state index in [4.69, 9.17) is 26.8 Å². The standard InChI is InChI=1S/C15H25ClN2O2/c1-12-10-13(16)4-5-14(12)15(11-17)18(6-8-19-2)7-9-20-3/h4-5,10,15H,6-9,11,17H2,1-3H3. The second-order valence-corrected chi connectivity index (χ2v) is 5.21. The first-order valence-electron chi connectivity index (χ1n) is 6.82. The van der Waals surface area contributed by atoms with Gasteiger partial charge in [0.15, 0.2) is 0 Å². The zero-order valence-corrected chi connectivity index (χ0v) is 13.3. The van der Waals surface area contributed by atoms with Crippen LogP contribution < -0.4 is 5.73 Å². The van der Waals surface area contributed by atoms with E-state index in [0.29, 0.717) is 19.8 Å². The molecule has 0 fully saturated rings.